The maximum atomic E-state index is 11.9. The number of carbonyl (C=O) groups excluding carboxylic acids is 1. The van der Waals surface area contributed by atoms with Gasteiger partial charge in [-0.25, -0.2) is 4.79 Å². The number of esters is 1. The van der Waals surface area contributed by atoms with Crippen LogP contribution in [0.2, 0.25) is 5.02 Å². The van der Waals surface area contributed by atoms with E-state index in [1.54, 1.807) is 18.3 Å². The molecule has 0 amide bonds. The van der Waals surface area contributed by atoms with E-state index in [1.165, 1.54) is 18.3 Å². The van der Waals surface area contributed by atoms with Gasteiger partial charge in [0, 0.05) is 29.3 Å². The van der Waals surface area contributed by atoms with Gasteiger partial charge in [-0.15, -0.1) is 0 Å². The number of rotatable bonds is 3. The number of nitrogens with two attached hydrogens (primary N) is 2. The van der Waals surface area contributed by atoms with E-state index in [9.17, 15) is 4.79 Å². The average molecular weight is 278 g/mol. The maximum absolute atomic E-state index is 11.9. The Morgan fingerprint density at radius 3 is 2.79 bits per heavy atom. The molecule has 2 aromatic rings. The van der Waals surface area contributed by atoms with E-state index >= 15 is 0 Å². The van der Waals surface area contributed by atoms with Crippen LogP contribution in [-0.2, 0) is 11.3 Å². The zero-order valence-corrected chi connectivity index (χ0v) is 10.7. The molecule has 1 heterocycles. The van der Waals surface area contributed by atoms with Crippen molar-refractivity contribution in [2.75, 3.05) is 11.5 Å². The molecule has 0 aliphatic heterocycles. The molecule has 4 N–H and O–H groups in total. The molecule has 0 bridgehead atoms. The van der Waals surface area contributed by atoms with Crippen LogP contribution in [0, 0.1) is 0 Å². The van der Waals surface area contributed by atoms with Gasteiger partial charge in [0.1, 0.15) is 6.61 Å². The molecular formula is C13H12ClN3O2. The van der Waals surface area contributed by atoms with Crippen LogP contribution in [0.4, 0.5) is 11.4 Å². The molecule has 0 unspecified atom stereocenters. The molecule has 0 radical (unpaired) electrons. The second-order valence-electron chi connectivity index (χ2n) is 3.89. The summed E-state index contributed by atoms with van der Waals surface area (Å²) in [5, 5.41) is 0.445. The molecule has 0 spiro atoms. The SMILES string of the molecule is Nc1ccc(C(=O)OCc2ccncc2Cl)c(N)c1. The highest BCUT2D eigenvalue weighted by Gasteiger charge is 2.12. The summed E-state index contributed by atoms with van der Waals surface area (Å²) < 4.78 is 5.14. The second-order valence-corrected chi connectivity index (χ2v) is 4.30. The molecule has 98 valence electrons. The Bertz CT molecular complexity index is 617. The second kappa shape index (κ2) is 5.58. The molecule has 0 atom stereocenters. The molecule has 1 aromatic carbocycles. The first kappa shape index (κ1) is 13.2. The van der Waals surface area contributed by atoms with Gasteiger partial charge in [0.2, 0.25) is 0 Å². The molecule has 0 saturated carbocycles. The van der Waals surface area contributed by atoms with Gasteiger partial charge < -0.3 is 16.2 Å². The van der Waals surface area contributed by atoms with Crippen molar-refractivity contribution in [3.8, 4) is 0 Å². The van der Waals surface area contributed by atoms with Crippen molar-refractivity contribution in [1.82, 2.24) is 4.98 Å². The van der Waals surface area contributed by atoms with Crippen LogP contribution < -0.4 is 11.5 Å². The van der Waals surface area contributed by atoms with E-state index in [0.29, 0.717) is 16.3 Å². The highest BCUT2D eigenvalue weighted by Crippen LogP contribution is 2.19. The summed E-state index contributed by atoms with van der Waals surface area (Å²) in [7, 11) is 0. The zero-order chi connectivity index (χ0) is 13.8. The fourth-order valence-corrected chi connectivity index (χ4v) is 1.68. The molecular weight excluding hydrogens is 266 g/mol. The number of ether oxygens (including phenoxy) is 1. The lowest BCUT2D eigenvalue weighted by Crippen LogP contribution is -2.09. The van der Waals surface area contributed by atoms with Crippen LogP contribution in [-0.4, -0.2) is 11.0 Å². The van der Waals surface area contributed by atoms with Crippen LogP contribution in [0.15, 0.2) is 36.7 Å². The van der Waals surface area contributed by atoms with Crippen LogP contribution in [0.5, 0.6) is 0 Å². The summed E-state index contributed by atoms with van der Waals surface area (Å²) in [6.07, 6.45) is 3.06. The minimum Gasteiger partial charge on any atom is -0.457 e. The number of nitrogen functional groups attached to an aromatic ring is 2. The number of carbonyl (C=O) groups is 1. The number of hydrogen-bond donors (Lipinski definition) is 2. The normalized spacial score (nSPS) is 10.2. The quantitative estimate of drug-likeness (QED) is 0.663. The predicted molar refractivity (Wildman–Crippen MR) is 73.6 cm³/mol. The van der Waals surface area contributed by atoms with Crippen molar-refractivity contribution < 1.29 is 9.53 Å². The average Bonchev–Trinajstić information content (AvgIpc) is 2.37. The van der Waals surface area contributed by atoms with Crippen molar-refractivity contribution in [2.45, 2.75) is 6.61 Å². The van der Waals surface area contributed by atoms with Gasteiger partial charge in [0.05, 0.1) is 10.6 Å². The predicted octanol–water partition coefficient (Wildman–Crippen LogP) is 2.26. The van der Waals surface area contributed by atoms with Gasteiger partial charge in [0.15, 0.2) is 0 Å². The minimum atomic E-state index is -0.523. The zero-order valence-electron chi connectivity index (χ0n) is 9.97. The molecule has 5 nitrogen and oxygen atoms in total. The standard InChI is InChI=1S/C13H12ClN3O2/c14-11-6-17-4-3-8(11)7-19-13(18)10-2-1-9(15)5-12(10)16/h1-6H,7,15-16H2. The van der Waals surface area contributed by atoms with Crippen molar-refractivity contribution >= 4 is 28.9 Å². The third-order valence-corrected chi connectivity index (χ3v) is 2.85. The van der Waals surface area contributed by atoms with E-state index in [1.807, 2.05) is 0 Å². The molecule has 6 heteroatoms. The Hall–Kier alpha value is -2.27. The number of aromatic nitrogens is 1. The van der Waals surface area contributed by atoms with Gasteiger partial charge >= 0.3 is 5.97 Å². The summed E-state index contributed by atoms with van der Waals surface area (Å²) >= 11 is 5.91. The van der Waals surface area contributed by atoms with E-state index in [4.69, 9.17) is 27.8 Å². The topological polar surface area (TPSA) is 91.2 Å². The fraction of sp³-hybridized carbons (Fsp3) is 0.0769. The van der Waals surface area contributed by atoms with Gasteiger partial charge in [-0.05, 0) is 24.3 Å². The van der Waals surface area contributed by atoms with E-state index in [-0.39, 0.29) is 17.9 Å². The third kappa shape index (κ3) is 3.14. The Kier molecular flexibility index (Phi) is 3.87. The largest absolute Gasteiger partial charge is 0.457 e. The molecule has 0 fully saturated rings. The lowest BCUT2D eigenvalue weighted by molar-refractivity contribution is 0.0474. The molecule has 0 aliphatic rings. The van der Waals surface area contributed by atoms with Crippen molar-refractivity contribution in [2.24, 2.45) is 0 Å². The molecule has 2 rings (SSSR count). The third-order valence-electron chi connectivity index (χ3n) is 2.51. The van der Waals surface area contributed by atoms with Crippen LogP contribution in [0.25, 0.3) is 0 Å². The summed E-state index contributed by atoms with van der Waals surface area (Å²) in [5.41, 5.74) is 13.0. The highest BCUT2D eigenvalue weighted by molar-refractivity contribution is 6.31. The van der Waals surface area contributed by atoms with Gasteiger partial charge in [-0.2, -0.15) is 0 Å². The lowest BCUT2D eigenvalue weighted by Gasteiger charge is -2.08. The van der Waals surface area contributed by atoms with Crippen LogP contribution in [0.1, 0.15) is 15.9 Å². The summed E-state index contributed by atoms with van der Waals surface area (Å²) in [5.74, 6) is -0.523. The number of halogens is 1. The Morgan fingerprint density at radius 1 is 1.32 bits per heavy atom. The highest BCUT2D eigenvalue weighted by atomic mass is 35.5. The number of nitrogens with zero attached hydrogens (tertiary/aromatic N) is 1. The summed E-state index contributed by atoms with van der Waals surface area (Å²) in [6, 6.07) is 6.31. The number of anilines is 2. The van der Waals surface area contributed by atoms with Gasteiger partial charge in [0.25, 0.3) is 0 Å². The number of hydrogen-bond acceptors (Lipinski definition) is 5. The first-order chi connectivity index (χ1) is 9.08. The summed E-state index contributed by atoms with van der Waals surface area (Å²) in [4.78, 5) is 15.7. The monoisotopic (exact) mass is 277 g/mol. The van der Waals surface area contributed by atoms with Crippen LogP contribution in [0.3, 0.4) is 0 Å². The number of benzene rings is 1. The first-order valence-corrected chi connectivity index (χ1v) is 5.86. The smallest absolute Gasteiger partial charge is 0.340 e. The Balaban J connectivity index is 2.08. The molecule has 0 aliphatic carbocycles. The first-order valence-electron chi connectivity index (χ1n) is 5.48. The molecule has 19 heavy (non-hydrogen) atoms. The van der Waals surface area contributed by atoms with E-state index < -0.39 is 5.97 Å². The maximum Gasteiger partial charge on any atom is 0.340 e. The van der Waals surface area contributed by atoms with Gasteiger partial charge in [-0.3, -0.25) is 4.98 Å². The fourth-order valence-electron chi connectivity index (χ4n) is 1.51. The van der Waals surface area contributed by atoms with E-state index in [2.05, 4.69) is 4.98 Å². The minimum absolute atomic E-state index is 0.0595. The van der Waals surface area contributed by atoms with E-state index in [0.717, 1.165) is 0 Å². The number of pyridine rings is 1. The molecule has 0 saturated heterocycles. The van der Waals surface area contributed by atoms with Crippen molar-refractivity contribution in [3.05, 3.63) is 52.8 Å². The summed E-state index contributed by atoms with van der Waals surface area (Å²) in [6.45, 7) is 0.0595. The molecule has 1 aromatic heterocycles. The van der Waals surface area contributed by atoms with Crippen LogP contribution >= 0.6 is 11.6 Å². The van der Waals surface area contributed by atoms with Gasteiger partial charge in [-0.1, -0.05) is 11.6 Å². The Labute approximate surface area is 115 Å². The lowest BCUT2D eigenvalue weighted by atomic mass is 10.1. The Morgan fingerprint density at radius 2 is 2.11 bits per heavy atom. The van der Waals surface area contributed by atoms with Crippen molar-refractivity contribution in [3.63, 3.8) is 0 Å². The van der Waals surface area contributed by atoms with Crippen molar-refractivity contribution in [1.29, 1.82) is 0 Å².